The van der Waals surface area contributed by atoms with Crippen LogP contribution in [0.4, 0.5) is 0 Å². The predicted octanol–water partition coefficient (Wildman–Crippen LogP) is 0.877. The van der Waals surface area contributed by atoms with Gasteiger partial charge in [-0.3, -0.25) is 4.79 Å². The lowest BCUT2D eigenvalue weighted by atomic mass is 9.84. The molecule has 2 atom stereocenters. The van der Waals surface area contributed by atoms with Gasteiger partial charge >= 0.3 is 5.97 Å². The fourth-order valence-corrected chi connectivity index (χ4v) is 1.76. The first-order valence-corrected chi connectivity index (χ1v) is 4.07. The van der Waals surface area contributed by atoms with Crippen LogP contribution in [-0.4, -0.2) is 24.3 Å². The van der Waals surface area contributed by atoms with Crippen molar-refractivity contribution in [1.82, 2.24) is 0 Å². The molecule has 0 aromatic rings. The number of aliphatic hydroxyl groups is 1. The van der Waals surface area contributed by atoms with Crippen molar-refractivity contribution >= 4 is 5.97 Å². The Morgan fingerprint density at radius 3 is 2.83 bits per heavy atom. The third-order valence-corrected chi connectivity index (χ3v) is 2.59. The summed E-state index contributed by atoms with van der Waals surface area (Å²) in [6, 6.07) is 0. The van der Waals surface area contributed by atoms with Crippen LogP contribution in [0.15, 0.2) is 12.7 Å². The highest BCUT2D eigenvalue weighted by molar-refractivity contribution is 5.80. The van der Waals surface area contributed by atoms with E-state index in [-0.39, 0.29) is 5.97 Å². The van der Waals surface area contributed by atoms with Gasteiger partial charge in [-0.25, -0.2) is 0 Å². The van der Waals surface area contributed by atoms with Gasteiger partial charge in [-0.05, 0) is 19.3 Å². The molecule has 1 fully saturated rings. The molecule has 1 N–H and O–H groups in total. The summed E-state index contributed by atoms with van der Waals surface area (Å²) in [5.74, 6) is -0.373. The number of rotatable bonds is 2. The highest BCUT2D eigenvalue weighted by Gasteiger charge is 2.46. The van der Waals surface area contributed by atoms with Crippen LogP contribution in [0.3, 0.4) is 0 Å². The number of ether oxygens (including phenoxy) is 1. The van der Waals surface area contributed by atoms with E-state index in [2.05, 4.69) is 11.3 Å². The molecule has 0 heterocycles. The average Bonchev–Trinajstić information content (AvgIpc) is 2.46. The van der Waals surface area contributed by atoms with E-state index < -0.39 is 11.5 Å². The zero-order valence-electron chi connectivity index (χ0n) is 7.25. The first-order chi connectivity index (χ1) is 5.67. The van der Waals surface area contributed by atoms with E-state index in [0.717, 1.165) is 6.42 Å². The Kier molecular flexibility index (Phi) is 2.52. The van der Waals surface area contributed by atoms with Gasteiger partial charge in [-0.2, -0.15) is 0 Å². The number of esters is 1. The van der Waals surface area contributed by atoms with E-state index >= 15 is 0 Å². The van der Waals surface area contributed by atoms with Crippen molar-refractivity contribution < 1.29 is 14.6 Å². The maximum atomic E-state index is 11.3. The molecular formula is C9H14O3. The molecule has 0 bridgehead atoms. The summed E-state index contributed by atoms with van der Waals surface area (Å²) < 4.78 is 4.63. The van der Waals surface area contributed by atoms with Gasteiger partial charge in [-0.1, -0.05) is 6.08 Å². The van der Waals surface area contributed by atoms with Gasteiger partial charge in [0.05, 0.1) is 13.2 Å². The highest BCUT2D eigenvalue weighted by atomic mass is 16.5. The summed E-state index contributed by atoms with van der Waals surface area (Å²) in [6.07, 6.45) is 3.03. The van der Waals surface area contributed by atoms with E-state index in [4.69, 9.17) is 0 Å². The number of aliphatic hydroxyl groups excluding tert-OH is 1. The molecular weight excluding hydrogens is 156 g/mol. The van der Waals surface area contributed by atoms with Crippen LogP contribution < -0.4 is 0 Å². The van der Waals surface area contributed by atoms with Gasteiger partial charge < -0.3 is 9.84 Å². The van der Waals surface area contributed by atoms with Crippen molar-refractivity contribution in [2.45, 2.75) is 25.4 Å². The van der Waals surface area contributed by atoms with E-state index in [0.29, 0.717) is 12.8 Å². The van der Waals surface area contributed by atoms with Gasteiger partial charge in [0.25, 0.3) is 0 Å². The maximum absolute atomic E-state index is 11.3. The molecule has 12 heavy (non-hydrogen) atoms. The third-order valence-electron chi connectivity index (χ3n) is 2.59. The minimum atomic E-state index is -0.839. The fraction of sp³-hybridized carbons (Fsp3) is 0.667. The minimum absolute atomic E-state index is 0.373. The lowest BCUT2D eigenvalue weighted by Crippen LogP contribution is -2.37. The average molecular weight is 170 g/mol. The molecule has 0 aromatic heterocycles. The molecule has 1 rings (SSSR count). The first-order valence-electron chi connectivity index (χ1n) is 4.07. The smallest absolute Gasteiger partial charge is 0.318 e. The van der Waals surface area contributed by atoms with Crippen LogP contribution in [0.2, 0.25) is 0 Å². The zero-order valence-corrected chi connectivity index (χ0v) is 7.25. The quantitative estimate of drug-likeness (QED) is 0.494. The maximum Gasteiger partial charge on any atom is 0.318 e. The summed E-state index contributed by atoms with van der Waals surface area (Å²) in [7, 11) is 1.33. The van der Waals surface area contributed by atoms with Crippen molar-refractivity contribution in [3.8, 4) is 0 Å². The summed E-state index contributed by atoms with van der Waals surface area (Å²) in [4.78, 5) is 11.3. The molecule has 0 radical (unpaired) electrons. The standard InChI is InChI=1S/C9H14O3/c1-3-9(8(11)12-2)6-4-5-7(9)10/h3,7,10H,1,4-6H2,2H3/t7-,9-/m0/s1. The van der Waals surface area contributed by atoms with E-state index in [1.54, 1.807) is 0 Å². The molecule has 1 aliphatic carbocycles. The SMILES string of the molecule is C=C[C@]1(C(=O)OC)CCC[C@@H]1O. The van der Waals surface area contributed by atoms with Crippen molar-refractivity contribution in [3.63, 3.8) is 0 Å². The molecule has 68 valence electrons. The third kappa shape index (κ3) is 1.14. The van der Waals surface area contributed by atoms with Gasteiger partial charge in [0.2, 0.25) is 0 Å². The Morgan fingerprint density at radius 2 is 2.50 bits per heavy atom. The molecule has 0 aromatic carbocycles. The Labute approximate surface area is 72.0 Å². The lowest BCUT2D eigenvalue weighted by Gasteiger charge is -2.25. The number of carbonyl (C=O) groups is 1. The van der Waals surface area contributed by atoms with Crippen molar-refractivity contribution in [2.75, 3.05) is 7.11 Å². The molecule has 1 aliphatic rings. The second-order valence-electron chi connectivity index (χ2n) is 3.14. The Morgan fingerprint density at radius 1 is 1.83 bits per heavy atom. The van der Waals surface area contributed by atoms with Gasteiger partial charge in [0.1, 0.15) is 5.41 Å². The van der Waals surface area contributed by atoms with Gasteiger partial charge in [-0.15, -0.1) is 6.58 Å². The molecule has 0 saturated heterocycles. The molecule has 1 saturated carbocycles. The molecule has 0 spiro atoms. The largest absolute Gasteiger partial charge is 0.468 e. The lowest BCUT2D eigenvalue weighted by molar-refractivity contribution is -0.154. The molecule has 0 unspecified atom stereocenters. The second-order valence-corrected chi connectivity index (χ2v) is 3.14. The van der Waals surface area contributed by atoms with Crippen molar-refractivity contribution in [3.05, 3.63) is 12.7 Å². The Balaban J connectivity index is 2.88. The van der Waals surface area contributed by atoms with Crippen LogP contribution >= 0.6 is 0 Å². The van der Waals surface area contributed by atoms with Crippen LogP contribution in [0.25, 0.3) is 0 Å². The minimum Gasteiger partial charge on any atom is -0.468 e. The van der Waals surface area contributed by atoms with Crippen molar-refractivity contribution in [2.24, 2.45) is 5.41 Å². The summed E-state index contributed by atoms with van der Waals surface area (Å²) >= 11 is 0. The zero-order chi connectivity index (χ0) is 9.19. The monoisotopic (exact) mass is 170 g/mol. The number of methoxy groups -OCH3 is 1. The van der Waals surface area contributed by atoms with Gasteiger partial charge in [0.15, 0.2) is 0 Å². The van der Waals surface area contributed by atoms with E-state index in [1.807, 2.05) is 0 Å². The Bertz CT molecular complexity index is 200. The topological polar surface area (TPSA) is 46.5 Å². The number of carbonyl (C=O) groups excluding carboxylic acids is 1. The predicted molar refractivity (Wildman–Crippen MR) is 44.5 cm³/mol. The van der Waals surface area contributed by atoms with E-state index in [9.17, 15) is 9.90 Å². The summed E-state index contributed by atoms with van der Waals surface area (Å²) in [5, 5.41) is 9.57. The summed E-state index contributed by atoms with van der Waals surface area (Å²) in [5.41, 5.74) is -0.839. The van der Waals surface area contributed by atoms with Crippen LogP contribution in [0.5, 0.6) is 0 Å². The highest BCUT2D eigenvalue weighted by Crippen LogP contribution is 2.40. The van der Waals surface area contributed by atoms with Crippen LogP contribution in [-0.2, 0) is 9.53 Å². The van der Waals surface area contributed by atoms with Crippen molar-refractivity contribution in [1.29, 1.82) is 0 Å². The molecule has 3 nitrogen and oxygen atoms in total. The van der Waals surface area contributed by atoms with E-state index in [1.165, 1.54) is 13.2 Å². The normalized spacial score (nSPS) is 34.7. The fourth-order valence-electron chi connectivity index (χ4n) is 1.76. The second kappa shape index (κ2) is 3.27. The van der Waals surface area contributed by atoms with Crippen LogP contribution in [0.1, 0.15) is 19.3 Å². The Hall–Kier alpha value is -0.830. The van der Waals surface area contributed by atoms with Gasteiger partial charge in [0, 0.05) is 0 Å². The number of hydrogen-bond acceptors (Lipinski definition) is 3. The molecule has 0 amide bonds. The number of hydrogen-bond donors (Lipinski definition) is 1. The first kappa shape index (κ1) is 9.26. The van der Waals surface area contributed by atoms with Crippen LogP contribution in [0, 0.1) is 5.41 Å². The molecule has 3 heteroatoms. The summed E-state index contributed by atoms with van der Waals surface area (Å²) in [6.45, 7) is 3.57. The molecule has 0 aliphatic heterocycles.